The number of benzene rings is 1. The van der Waals surface area contributed by atoms with Gasteiger partial charge in [-0.05, 0) is 76.4 Å². The van der Waals surface area contributed by atoms with Gasteiger partial charge in [-0.1, -0.05) is 5.16 Å². The van der Waals surface area contributed by atoms with Gasteiger partial charge in [-0.3, -0.25) is 4.90 Å². The van der Waals surface area contributed by atoms with Gasteiger partial charge in [-0.25, -0.2) is 4.98 Å². The summed E-state index contributed by atoms with van der Waals surface area (Å²) in [5.74, 6) is 1.26. The molecule has 5 rings (SSSR count). The van der Waals surface area contributed by atoms with E-state index in [-0.39, 0.29) is 0 Å². The molecule has 0 amide bonds. The summed E-state index contributed by atoms with van der Waals surface area (Å²) in [4.78, 5) is 9.23. The summed E-state index contributed by atoms with van der Waals surface area (Å²) >= 11 is 0. The average molecular weight is 448 g/mol. The van der Waals surface area contributed by atoms with E-state index in [4.69, 9.17) is 9.15 Å². The summed E-state index contributed by atoms with van der Waals surface area (Å²) in [6.45, 7) is 3.71. The van der Waals surface area contributed by atoms with Crippen molar-refractivity contribution in [3.05, 3.63) is 60.3 Å². The van der Waals surface area contributed by atoms with Gasteiger partial charge in [0.2, 0.25) is 0 Å². The van der Waals surface area contributed by atoms with Crippen LogP contribution in [-0.4, -0.2) is 70.8 Å². The fourth-order valence-corrected chi connectivity index (χ4v) is 4.47. The van der Waals surface area contributed by atoms with E-state index in [2.05, 4.69) is 34.0 Å². The molecule has 33 heavy (non-hydrogen) atoms. The van der Waals surface area contributed by atoms with E-state index in [9.17, 15) is 5.21 Å². The normalized spacial score (nSPS) is 16.3. The third-order valence-corrected chi connectivity index (χ3v) is 6.46. The SMILES string of the molecule is CN(C)C1CCN(CCOc2ccc3oc(-c4cc5cccn5cn4)c/c(=N\O)c3c2)CC1. The molecule has 0 unspecified atom stereocenters. The Kier molecular flexibility index (Phi) is 6.02. The number of rotatable bonds is 6. The van der Waals surface area contributed by atoms with Gasteiger partial charge in [-0.2, -0.15) is 0 Å². The van der Waals surface area contributed by atoms with Crippen LogP contribution in [0.2, 0.25) is 0 Å². The van der Waals surface area contributed by atoms with Crippen molar-refractivity contribution in [1.29, 1.82) is 0 Å². The van der Waals surface area contributed by atoms with Crippen molar-refractivity contribution in [3.8, 4) is 17.2 Å². The predicted octanol–water partition coefficient (Wildman–Crippen LogP) is 3.44. The van der Waals surface area contributed by atoms with Gasteiger partial charge in [0.25, 0.3) is 0 Å². The van der Waals surface area contributed by atoms with Crippen LogP contribution in [0.3, 0.4) is 0 Å². The minimum Gasteiger partial charge on any atom is -0.492 e. The van der Waals surface area contributed by atoms with Crippen molar-refractivity contribution < 1.29 is 14.4 Å². The van der Waals surface area contributed by atoms with E-state index in [1.165, 1.54) is 12.8 Å². The number of ether oxygens (including phenoxy) is 1. The highest BCUT2D eigenvalue weighted by molar-refractivity contribution is 5.80. The van der Waals surface area contributed by atoms with Crippen LogP contribution >= 0.6 is 0 Å². The minimum absolute atomic E-state index is 0.416. The first-order chi connectivity index (χ1) is 16.1. The fourth-order valence-electron chi connectivity index (χ4n) is 4.47. The topological polar surface area (TPSA) is 78.7 Å². The monoisotopic (exact) mass is 447 g/mol. The molecular formula is C25H29N5O3. The molecule has 8 heteroatoms. The molecule has 0 aliphatic carbocycles. The lowest BCUT2D eigenvalue weighted by Gasteiger charge is -2.35. The maximum Gasteiger partial charge on any atom is 0.155 e. The molecule has 0 radical (unpaired) electrons. The van der Waals surface area contributed by atoms with Gasteiger partial charge >= 0.3 is 0 Å². The number of hydrogen-bond acceptors (Lipinski definition) is 7. The molecule has 1 aromatic carbocycles. The third-order valence-electron chi connectivity index (χ3n) is 6.46. The highest BCUT2D eigenvalue weighted by atomic mass is 16.5. The molecule has 172 valence electrons. The van der Waals surface area contributed by atoms with E-state index >= 15 is 0 Å². The second-order valence-electron chi connectivity index (χ2n) is 8.75. The van der Waals surface area contributed by atoms with Gasteiger partial charge in [0, 0.05) is 30.4 Å². The van der Waals surface area contributed by atoms with E-state index in [0.717, 1.165) is 30.9 Å². The summed E-state index contributed by atoms with van der Waals surface area (Å²) in [5.41, 5.74) is 2.29. The summed E-state index contributed by atoms with van der Waals surface area (Å²) in [6.07, 6.45) is 6.06. The summed E-state index contributed by atoms with van der Waals surface area (Å²) in [6, 6.07) is 13.9. The molecule has 4 aromatic rings. The summed E-state index contributed by atoms with van der Waals surface area (Å²) in [7, 11) is 4.31. The fraction of sp³-hybridized carbons (Fsp3) is 0.360. The molecular weight excluding hydrogens is 418 g/mol. The second kappa shape index (κ2) is 9.25. The molecule has 3 aromatic heterocycles. The average Bonchev–Trinajstić information content (AvgIpc) is 3.31. The van der Waals surface area contributed by atoms with Crippen LogP contribution in [0.1, 0.15) is 12.8 Å². The molecule has 0 saturated carbocycles. The lowest BCUT2D eigenvalue weighted by atomic mass is 10.0. The summed E-state index contributed by atoms with van der Waals surface area (Å²) in [5, 5.41) is 14.2. The predicted molar refractivity (Wildman–Crippen MR) is 126 cm³/mol. The highest BCUT2D eigenvalue weighted by Crippen LogP contribution is 2.24. The van der Waals surface area contributed by atoms with Crippen molar-refractivity contribution in [2.45, 2.75) is 18.9 Å². The van der Waals surface area contributed by atoms with Crippen molar-refractivity contribution in [3.63, 3.8) is 0 Å². The number of hydrogen-bond donors (Lipinski definition) is 1. The van der Waals surface area contributed by atoms with Crippen LogP contribution in [0.25, 0.3) is 27.9 Å². The Bertz CT molecular complexity index is 1320. The largest absolute Gasteiger partial charge is 0.492 e. The molecule has 0 atom stereocenters. The Labute approximate surface area is 192 Å². The molecule has 0 bridgehead atoms. The Morgan fingerprint density at radius 2 is 2.03 bits per heavy atom. The molecule has 8 nitrogen and oxygen atoms in total. The first-order valence-corrected chi connectivity index (χ1v) is 11.3. The Hall–Kier alpha value is -3.36. The third kappa shape index (κ3) is 4.58. The zero-order valence-corrected chi connectivity index (χ0v) is 19.0. The highest BCUT2D eigenvalue weighted by Gasteiger charge is 2.20. The van der Waals surface area contributed by atoms with Crippen LogP contribution in [0.5, 0.6) is 5.75 Å². The standard InChI is InChI=1S/C25H29N5O3/c1-28(2)18-7-10-29(11-8-18)12-13-32-20-5-6-24-21(15-20)22(27-31)16-25(33-24)23-14-19-4-3-9-30(19)17-26-23/h3-6,9,14-18,31H,7-8,10-13H2,1-2H3/b27-22+. The first-order valence-electron chi connectivity index (χ1n) is 11.3. The smallest absolute Gasteiger partial charge is 0.155 e. The molecule has 1 aliphatic rings. The van der Waals surface area contributed by atoms with E-state index in [1.54, 1.807) is 12.4 Å². The first kappa shape index (κ1) is 21.5. The van der Waals surface area contributed by atoms with Gasteiger partial charge in [0.1, 0.15) is 29.0 Å². The minimum atomic E-state index is 0.416. The zero-order chi connectivity index (χ0) is 22.8. The molecule has 0 spiro atoms. The van der Waals surface area contributed by atoms with Gasteiger partial charge < -0.3 is 23.7 Å². The quantitative estimate of drug-likeness (QED) is 0.360. The Balaban J connectivity index is 1.30. The number of fused-ring (bicyclic) bond motifs is 2. The van der Waals surface area contributed by atoms with Crippen LogP contribution < -0.4 is 10.1 Å². The van der Waals surface area contributed by atoms with E-state index in [0.29, 0.717) is 40.4 Å². The molecule has 1 N–H and O–H groups in total. The number of likely N-dealkylation sites (tertiary alicyclic amines) is 1. The zero-order valence-electron chi connectivity index (χ0n) is 19.0. The lowest BCUT2D eigenvalue weighted by Crippen LogP contribution is -2.43. The van der Waals surface area contributed by atoms with E-state index in [1.807, 2.05) is 47.0 Å². The van der Waals surface area contributed by atoms with Crippen molar-refractivity contribution in [2.24, 2.45) is 5.16 Å². The second-order valence-corrected chi connectivity index (χ2v) is 8.75. The van der Waals surface area contributed by atoms with Crippen LogP contribution in [-0.2, 0) is 0 Å². The maximum absolute atomic E-state index is 9.65. The van der Waals surface area contributed by atoms with Crippen LogP contribution in [0.15, 0.2) is 64.6 Å². The van der Waals surface area contributed by atoms with Gasteiger partial charge in [0.15, 0.2) is 5.76 Å². The number of nitrogens with zero attached hydrogens (tertiary/aromatic N) is 5. The lowest BCUT2D eigenvalue weighted by molar-refractivity contribution is 0.128. The van der Waals surface area contributed by atoms with Gasteiger partial charge in [0.05, 0.1) is 11.7 Å². The molecule has 4 heterocycles. The van der Waals surface area contributed by atoms with E-state index < -0.39 is 0 Å². The maximum atomic E-state index is 9.65. The van der Waals surface area contributed by atoms with Crippen molar-refractivity contribution in [1.82, 2.24) is 19.2 Å². The Morgan fingerprint density at radius 3 is 2.82 bits per heavy atom. The van der Waals surface area contributed by atoms with Gasteiger partial charge in [-0.15, -0.1) is 0 Å². The molecule has 1 fully saturated rings. The Morgan fingerprint density at radius 1 is 1.18 bits per heavy atom. The number of aromatic nitrogens is 2. The molecule has 1 saturated heterocycles. The van der Waals surface area contributed by atoms with Crippen LogP contribution in [0, 0.1) is 0 Å². The molecule has 1 aliphatic heterocycles. The summed E-state index contributed by atoms with van der Waals surface area (Å²) < 4.78 is 14.0. The van der Waals surface area contributed by atoms with Crippen molar-refractivity contribution >= 4 is 16.5 Å². The number of piperidine rings is 1. The van der Waals surface area contributed by atoms with Crippen molar-refractivity contribution in [2.75, 3.05) is 40.3 Å². The van der Waals surface area contributed by atoms with Crippen LogP contribution in [0.4, 0.5) is 0 Å².